The maximum Gasteiger partial charge on any atom is 0.271 e. The van der Waals surface area contributed by atoms with Crippen molar-refractivity contribution in [3.63, 3.8) is 0 Å². The molecule has 1 aromatic heterocycles. The van der Waals surface area contributed by atoms with Crippen molar-refractivity contribution >= 4 is 11.6 Å². The summed E-state index contributed by atoms with van der Waals surface area (Å²) in [4.78, 5) is 16.4. The van der Waals surface area contributed by atoms with Gasteiger partial charge in [0.15, 0.2) is 0 Å². The van der Waals surface area contributed by atoms with E-state index in [2.05, 4.69) is 27.6 Å². The Balaban J connectivity index is 1.38. The molecule has 1 N–H and O–H groups in total. The number of nitrogens with zero attached hydrogens (tertiary/aromatic N) is 2. The first kappa shape index (κ1) is 21.0. The van der Waals surface area contributed by atoms with Gasteiger partial charge in [0.2, 0.25) is 0 Å². The van der Waals surface area contributed by atoms with Crippen LogP contribution in [0.2, 0.25) is 0 Å². The summed E-state index contributed by atoms with van der Waals surface area (Å²) in [7, 11) is 0. The van der Waals surface area contributed by atoms with E-state index in [9.17, 15) is 4.79 Å². The number of aromatic nitrogens is 1. The number of carbonyl (C=O) groups excluding carboxylic acids is 1. The standard InChI is InChI=1S/C27H23N3O2/c1-20(22-15-17-28-18-16-22)29-30-27(31)24-13-11-21(12-14-24)19-32-26-10-6-5-9-25(26)23-7-3-2-4-8-23/h2-18H,19H2,1H3,(H,30,31)/b29-20-. The van der Waals surface area contributed by atoms with Crippen LogP contribution in [-0.4, -0.2) is 16.6 Å². The SMILES string of the molecule is C/C(=N/NC(=O)c1ccc(COc2ccccc2-c2ccccc2)cc1)c1ccncc1. The van der Waals surface area contributed by atoms with Gasteiger partial charge < -0.3 is 4.74 Å². The fourth-order valence-corrected chi connectivity index (χ4v) is 3.22. The van der Waals surface area contributed by atoms with Crippen molar-refractivity contribution in [2.24, 2.45) is 5.10 Å². The van der Waals surface area contributed by atoms with Crippen molar-refractivity contribution in [3.8, 4) is 16.9 Å². The highest BCUT2D eigenvalue weighted by molar-refractivity contribution is 6.00. The van der Waals surface area contributed by atoms with Gasteiger partial charge in [0.05, 0.1) is 5.71 Å². The third-order valence-corrected chi connectivity index (χ3v) is 5.01. The number of amides is 1. The zero-order valence-corrected chi connectivity index (χ0v) is 17.7. The summed E-state index contributed by atoms with van der Waals surface area (Å²) in [6.07, 6.45) is 3.38. The summed E-state index contributed by atoms with van der Waals surface area (Å²) in [5.74, 6) is 0.557. The molecular formula is C27H23N3O2. The average Bonchev–Trinajstić information content (AvgIpc) is 2.87. The van der Waals surface area contributed by atoms with Gasteiger partial charge >= 0.3 is 0 Å². The van der Waals surface area contributed by atoms with Crippen LogP contribution in [0.1, 0.15) is 28.4 Å². The Bertz CT molecular complexity index is 1200. The van der Waals surface area contributed by atoms with E-state index in [1.54, 1.807) is 24.5 Å². The van der Waals surface area contributed by atoms with Gasteiger partial charge in [-0.2, -0.15) is 5.10 Å². The maximum atomic E-state index is 12.4. The van der Waals surface area contributed by atoms with E-state index in [4.69, 9.17) is 4.74 Å². The quantitative estimate of drug-likeness (QED) is 0.317. The predicted octanol–water partition coefficient (Wildman–Crippen LogP) is 5.48. The second-order valence-electron chi connectivity index (χ2n) is 7.22. The molecule has 158 valence electrons. The lowest BCUT2D eigenvalue weighted by atomic mass is 10.0. The van der Waals surface area contributed by atoms with Gasteiger partial charge in [-0.1, -0.05) is 60.7 Å². The van der Waals surface area contributed by atoms with E-state index in [1.807, 2.05) is 73.7 Å². The molecule has 5 nitrogen and oxygen atoms in total. The number of nitrogens with one attached hydrogen (secondary N) is 1. The van der Waals surface area contributed by atoms with Crippen LogP contribution in [0.25, 0.3) is 11.1 Å². The van der Waals surface area contributed by atoms with Gasteiger partial charge in [0.25, 0.3) is 5.91 Å². The number of hydrogen-bond acceptors (Lipinski definition) is 4. The molecule has 0 atom stereocenters. The van der Waals surface area contributed by atoms with Crippen molar-refractivity contribution in [3.05, 3.63) is 120 Å². The molecule has 0 saturated carbocycles. The lowest BCUT2D eigenvalue weighted by Crippen LogP contribution is -2.19. The maximum absolute atomic E-state index is 12.4. The van der Waals surface area contributed by atoms with E-state index in [1.165, 1.54) is 0 Å². The smallest absolute Gasteiger partial charge is 0.271 e. The van der Waals surface area contributed by atoms with Crippen LogP contribution < -0.4 is 10.2 Å². The predicted molar refractivity (Wildman–Crippen MR) is 127 cm³/mol. The molecule has 0 spiro atoms. The van der Waals surface area contributed by atoms with Crippen LogP contribution in [0.5, 0.6) is 5.75 Å². The minimum absolute atomic E-state index is 0.264. The van der Waals surface area contributed by atoms with Crippen LogP contribution >= 0.6 is 0 Å². The van der Waals surface area contributed by atoms with Crippen molar-refractivity contribution in [1.82, 2.24) is 10.4 Å². The molecular weight excluding hydrogens is 398 g/mol. The van der Waals surface area contributed by atoms with Gasteiger partial charge in [0, 0.05) is 29.1 Å². The Morgan fingerprint density at radius 1 is 0.844 bits per heavy atom. The molecule has 3 aromatic carbocycles. The molecule has 0 saturated heterocycles. The van der Waals surface area contributed by atoms with Gasteiger partial charge in [-0.25, -0.2) is 5.43 Å². The minimum atomic E-state index is -0.264. The minimum Gasteiger partial charge on any atom is -0.488 e. The van der Waals surface area contributed by atoms with Crippen LogP contribution in [0.3, 0.4) is 0 Å². The topological polar surface area (TPSA) is 63.6 Å². The number of para-hydroxylation sites is 1. The molecule has 32 heavy (non-hydrogen) atoms. The number of carbonyl (C=O) groups is 1. The molecule has 0 aliphatic carbocycles. The second kappa shape index (κ2) is 10.2. The van der Waals surface area contributed by atoms with Gasteiger partial charge in [-0.3, -0.25) is 9.78 Å². The molecule has 0 aliphatic heterocycles. The van der Waals surface area contributed by atoms with Crippen LogP contribution in [0.15, 0.2) is 108 Å². The highest BCUT2D eigenvalue weighted by Crippen LogP contribution is 2.30. The Morgan fingerprint density at radius 2 is 1.53 bits per heavy atom. The number of rotatable bonds is 7. The molecule has 4 aromatic rings. The molecule has 0 unspecified atom stereocenters. The summed E-state index contributed by atoms with van der Waals surface area (Å²) in [6, 6.07) is 29.1. The summed E-state index contributed by atoms with van der Waals surface area (Å²) in [5, 5.41) is 4.17. The zero-order chi connectivity index (χ0) is 22.2. The van der Waals surface area contributed by atoms with Crippen molar-refractivity contribution in [2.45, 2.75) is 13.5 Å². The molecule has 1 heterocycles. The van der Waals surface area contributed by atoms with Crippen molar-refractivity contribution in [2.75, 3.05) is 0 Å². The fraction of sp³-hybridized carbons (Fsp3) is 0.0741. The van der Waals surface area contributed by atoms with E-state index in [-0.39, 0.29) is 5.91 Å². The molecule has 5 heteroatoms. The van der Waals surface area contributed by atoms with E-state index in [0.29, 0.717) is 17.9 Å². The Kier molecular flexibility index (Phi) is 6.68. The number of hydrogen-bond donors (Lipinski definition) is 1. The van der Waals surface area contributed by atoms with Crippen LogP contribution in [0, 0.1) is 0 Å². The van der Waals surface area contributed by atoms with Gasteiger partial charge in [-0.05, 0) is 48.4 Å². The molecule has 0 bridgehead atoms. The largest absolute Gasteiger partial charge is 0.488 e. The third kappa shape index (κ3) is 5.26. The Labute approximate surface area is 187 Å². The van der Waals surface area contributed by atoms with Gasteiger partial charge in [-0.15, -0.1) is 0 Å². The lowest BCUT2D eigenvalue weighted by molar-refractivity contribution is 0.0955. The molecule has 0 radical (unpaired) electrons. The molecule has 1 amide bonds. The van der Waals surface area contributed by atoms with E-state index < -0.39 is 0 Å². The first-order chi connectivity index (χ1) is 15.7. The summed E-state index contributed by atoms with van der Waals surface area (Å²) in [6.45, 7) is 2.24. The molecule has 0 aliphatic rings. The first-order valence-electron chi connectivity index (χ1n) is 10.3. The molecule has 4 rings (SSSR count). The normalized spacial score (nSPS) is 11.1. The monoisotopic (exact) mass is 421 g/mol. The van der Waals surface area contributed by atoms with Crippen molar-refractivity contribution in [1.29, 1.82) is 0 Å². The molecule has 0 fully saturated rings. The number of benzene rings is 3. The highest BCUT2D eigenvalue weighted by Gasteiger charge is 2.08. The summed E-state index contributed by atoms with van der Waals surface area (Å²) < 4.78 is 6.08. The Morgan fingerprint density at radius 3 is 2.28 bits per heavy atom. The number of hydrazone groups is 1. The zero-order valence-electron chi connectivity index (χ0n) is 17.7. The lowest BCUT2D eigenvalue weighted by Gasteiger charge is -2.12. The highest BCUT2D eigenvalue weighted by atomic mass is 16.5. The first-order valence-corrected chi connectivity index (χ1v) is 10.3. The number of ether oxygens (including phenoxy) is 1. The summed E-state index contributed by atoms with van der Waals surface area (Å²) in [5.41, 5.74) is 7.88. The van der Waals surface area contributed by atoms with Crippen molar-refractivity contribution < 1.29 is 9.53 Å². The van der Waals surface area contributed by atoms with Crippen LogP contribution in [0.4, 0.5) is 0 Å². The second-order valence-corrected chi connectivity index (χ2v) is 7.22. The average molecular weight is 422 g/mol. The van der Waals surface area contributed by atoms with Gasteiger partial charge in [0.1, 0.15) is 12.4 Å². The number of pyridine rings is 1. The fourth-order valence-electron chi connectivity index (χ4n) is 3.22. The van der Waals surface area contributed by atoms with E-state index >= 15 is 0 Å². The van der Waals surface area contributed by atoms with E-state index in [0.717, 1.165) is 28.0 Å². The third-order valence-electron chi connectivity index (χ3n) is 5.01. The Hall–Kier alpha value is -4.25. The van der Waals surface area contributed by atoms with Crippen LogP contribution in [-0.2, 0) is 6.61 Å². The summed E-state index contributed by atoms with van der Waals surface area (Å²) >= 11 is 0.